The first-order valence-electron chi connectivity index (χ1n) is 5.24. The fraction of sp³-hybridized carbons (Fsp3) is 0.154. The predicted octanol–water partition coefficient (Wildman–Crippen LogP) is 2.53. The zero-order chi connectivity index (χ0) is 12.3. The van der Waals surface area contributed by atoms with Gasteiger partial charge in [0.05, 0.1) is 6.54 Å². The Kier molecular flexibility index (Phi) is 3.35. The van der Waals surface area contributed by atoms with E-state index in [1.807, 2.05) is 0 Å². The van der Waals surface area contributed by atoms with Crippen LogP contribution in [-0.4, -0.2) is 18.9 Å². The van der Waals surface area contributed by atoms with Crippen molar-refractivity contribution in [3.63, 3.8) is 0 Å². The first-order chi connectivity index (χ1) is 8.20. The predicted molar refractivity (Wildman–Crippen MR) is 63.6 cm³/mol. The number of hydrogen-bond donors (Lipinski definition) is 1. The molecule has 0 unspecified atom stereocenters. The largest absolute Gasteiger partial charge is 0.453 e. The fourth-order valence-corrected chi connectivity index (χ4v) is 1.53. The molecule has 0 atom stereocenters. The minimum Gasteiger partial charge on any atom is -0.453 e. The number of rotatable bonds is 5. The average Bonchev–Trinajstić information content (AvgIpc) is 2.72. The van der Waals surface area contributed by atoms with Gasteiger partial charge < -0.3 is 9.73 Å². The molecule has 0 aliphatic rings. The summed E-state index contributed by atoms with van der Waals surface area (Å²) in [6.45, 7) is 4.27. The van der Waals surface area contributed by atoms with Gasteiger partial charge in [0.1, 0.15) is 11.4 Å². The summed E-state index contributed by atoms with van der Waals surface area (Å²) >= 11 is 0. The quantitative estimate of drug-likeness (QED) is 0.490. The van der Waals surface area contributed by atoms with Crippen LogP contribution in [0.15, 0.2) is 41.3 Å². The van der Waals surface area contributed by atoms with Crippen molar-refractivity contribution in [3.8, 4) is 0 Å². The second-order valence-corrected chi connectivity index (χ2v) is 3.64. The summed E-state index contributed by atoms with van der Waals surface area (Å²) in [4.78, 5) is 11.7. The molecular weight excluding hydrogens is 221 g/mol. The first-order valence-corrected chi connectivity index (χ1v) is 5.24. The smallest absolute Gasteiger partial charge is 0.211 e. The molecule has 1 aromatic carbocycles. The number of benzene rings is 1. The van der Waals surface area contributed by atoms with E-state index in [1.165, 1.54) is 18.2 Å². The van der Waals surface area contributed by atoms with E-state index in [-0.39, 0.29) is 23.9 Å². The number of Topliss-reactive ketones (excluding diaryl/α,β-unsaturated/α-hetero) is 1. The van der Waals surface area contributed by atoms with E-state index in [0.29, 0.717) is 17.5 Å². The highest BCUT2D eigenvalue weighted by atomic mass is 19.1. The highest BCUT2D eigenvalue weighted by Crippen LogP contribution is 2.20. The monoisotopic (exact) mass is 233 g/mol. The molecule has 0 saturated carbocycles. The number of hydrogen-bond acceptors (Lipinski definition) is 3. The molecule has 0 saturated heterocycles. The summed E-state index contributed by atoms with van der Waals surface area (Å²) in [6.07, 6.45) is 1.67. The van der Waals surface area contributed by atoms with Crippen LogP contribution < -0.4 is 5.32 Å². The second kappa shape index (κ2) is 4.93. The molecule has 4 heteroatoms. The van der Waals surface area contributed by atoms with Gasteiger partial charge in [-0.25, -0.2) is 4.39 Å². The Bertz CT molecular complexity index is 560. The standard InChI is InChI=1S/C13H12FNO2/c1-2-5-15-8-11(16)13-7-9-6-10(14)3-4-12(9)17-13/h2-4,6-7,15H,1,5,8H2. The Morgan fingerprint density at radius 2 is 2.29 bits per heavy atom. The van der Waals surface area contributed by atoms with Crippen LogP contribution in [0.1, 0.15) is 10.6 Å². The van der Waals surface area contributed by atoms with E-state index in [0.717, 1.165) is 0 Å². The van der Waals surface area contributed by atoms with E-state index in [1.54, 1.807) is 12.1 Å². The van der Waals surface area contributed by atoms with Crippen molar-refractivity contribution in [2.24, 2.45) is 0 Å². The maximum atomic E-state index is 12.9. The van der Waals surface area contributed by atoms with Crippen molar-refractivity contribution in [3.05, 3.63) is 48.5 Å². The van der Waals surface area contributed by atoms with Crippen molar-refractivity contribution in [1.29, 1.82) is 0 Å². The van der Waals surface area contributed by atoms with Crippen LogP contribution in [0.5, 0.6) is 0 Å². The van der Waals surface area contributed by atoms with Crippen LogP contribution in [0.2, 0.25) is 0 Å². The van der Waals surface area contributed by atoms with E-state index >= 15 is 0 Å². The first kappa shape index (κ1) is 11.5. The zero-order valence-electron chi connectivity index (χ0n) is 9.20. The molecule has 0 amide bonds. The van der Waals surface area contributed by atoms with Crippen LogP contribution in [0, 0.1) is 5.82 Å². The van der Waals surface area contributed by atoms with Crippen molar-refractivity contribution < 1.29 is 13.6 Å². The second-order valence-electron chi connectivity index (χ2n) is 3.64. The topological polar surface area (TPSA) is 42.2 Å². The molecule has 0 radical (unpaired) electrons. The molecule has 88 valence electrons. The molecule has 2 aromatic rings. The molecule has 1 heterocycles. The van der Waals surface area contributed by atoms with Crippen molar-refractivity contribution in [1.82, 2.24) is 5.32 Å². The maximum Gasteiger partial charge on any atom is 0.211 e. The summed E-state index contributed by atoms with van der Waals surface area (Å²) in [7, 11) is 0. The molecule has 3 nitrogen and oxygen atoms in total. The molecule has 0 spiro atoms. The molecule has 1 aromatic heterocycles. The minimum atomic E-state index is -0.345. The van der Waals surface area contributed by atoms with Crippen molar-refractivity contribution >= 4 is 16.8 Å². The van der Waals surface area contributed by atoms with Crippen molar-refractivity contribution in [2.75, 3.05) is 13.1 Å². The number of carbonyl (C=O) groups excluding carboxylic acids is 1. The normalized spacial score (nSPS) is 10.6. The molecular formula is C13H12FNO2. The van der Waals surface area contributed by atoms with Crippen molar-refractivity contribution in [2.45, 2.75) is 0 Å². The van der Waals surface area contributed by atoms with Gasteiger partial charge in [0.15, 0.2) is 5.76 Å². The summed E-state index contributed by atoms with van der Waals surface area (Å²) < 4.78 is 18.3. The molecule has 0 fully saturated rings. The van der Waals surface area contributed by atoms with Gasteiger partial charge in [0.2, 0.25) is 5.78 Å². The Morgan fingerprint density at radius 3 is 3.06 bits per heavy atom. The fourth-order valence-electron chi connectivity index (χ4n) is 1.53. The lowest BCUT2D eigenvalue weighted by Crippen LogP contribution is -2.22. The van der Waals surface area contributed by atoms with Gasteiger partial charge in [-0.15, -0.1) is 6.58 Å². The Balaban J connectivity index is 2.18. The third-order valence-electron chi connectivity index (χ3n) is 2.33. The number of ketones is 1. The molecule has 1 N–H and O–H groups in total. The summed E-state index contributed by atoms with van der Waals surface area (Å²) in [6, 6.07) is 5.71. The van der Waals surface area contributed by atoms with E-state index < -0.39 is 0 Å². The third-order valence-corrected chi connectivity index (χ3v) is 2.33. The van der Waals surface area contributed by atoms with Gasteiger partial charge in [-0.05, 0) is 24.3 Å². The molecule has 0 aliphatic heterocycles. The van der Waals surface area contributed by atoms with Gasteiger partial charge in [-0.3, -0.25) is 4.79 Å². The maximum absolute atomic E-state index is 12.9. The van der Waals surface area contributed by atoms with Crippen LogP contribution in [0.25, 0.3) is 11.0 Å². The molecule has 0 aliphatic carbocycles. The number of carbonyl (C=O) groups is 1. The third kappa shape index (κ3) is 2.60. The molecule has 0 bridgehead atoms. The average molecular weight is 233 g/mol. The van der Waals surface area contributed by atoms with E-state index in [2.05, 4.69) is 11.9 Å². The summed E-state index contributed by atoms with van der Waals surface area (Å²) in [5.74, 6) is -0.271. The van der Waals surface area contributed by atoms with Gasteiger partial charge in [0, 0.05) is 11.9 Å². The lowest BCUT2D eigenvalue weighted by Gasteiger charge is -1.97. The van der Waals surface area contributed by atoms with E-state index in [9.17, 15) is 9.18 Å². The minimum absolute atomic E-state index is 0.163. The Labute approximate surface area is 97.9 Å². The lowest BCUT2D eigenvalue weighted by molar-refractivity contribution is 0.0968. The van der Waals surface area contributed by atoms with Crippen LogP contribution in [0.3, 0.4) is 0 Å². The number of halogens is 1. The highest BCUT2D eigenvalue weighted by molar-refractivity contribution is 5.98. The van der Waals surface area contributed by atoms with Crippen LogP contribution in [-0.2, 0) is 0 Å². The van der Waals surface area contributed by atoms with Crippen LogP contribution in [0.4, 0.5) is 4.39 Å². The van der Waals surface area contributed by atoms with Crippen LogP contribution >= 0.6 is 0 Å². The zero-order valence-corrected chi connectivity index (χ0v) is 9.20. The molecule has 17 heavy (non-hydrogen) atoms. The highest BCUT2D eigenvalue weighted by Gasteiger charge is 2.11. The SMILES string of the molecule is C=CCNCC(=O)c1cc2cc(F)ccc2o1. The molecule has 2 rings (SSSR count). The number of fused-ring (bicyclic) bond motifs is 1. The van der Waals surface area contributed by atoms with Gasteiger partial charge in [-0.2, -0.15) is 0 Å². The Morgan fingerprint density at radius 1 is 1.47 bits per heavy atom. The van der Waals surface area contributed by atoms with Gasteiger partial charge >= 0.3 is 0 Å². The number of furan rings is 1. The summed E-state index contributed by atoms with van der Waals surface area (Å²) in [5, 5.41) is 3.48. The summed E-state index contributed by atoms with van der Waals surface area (Å²) in [5.41, 5.74) is 0.512. The van der Waals surface area contributed by atoms with Gasteiger partial charge in [-0.1, -0.05) is 6.08 Å². The Hall–Kier alpha value is -1.94. The number of nitrogens with one attached hydrogen (secondary N) is 1. The van der Waals surface area contributed by atoms with E-state index in [4.69, 9.17) is 4.42 Å². The van der Waals surface area contributed by atoms with Gasteiger partial charge in [0.25, 0.3) is 0 Å². The lowest BCUT2D eigenvalue weighted by atomic mass is 10.2.